The van der Waals surface area contributed by atoms with Crippen molar-refractivity contribution in [3.63, 3.8) is 0 Å². The number of nitro benzene ring substituents is 1. The largest absolute Gasteiger partial charge is 0.322 e. The lowest BCUT2D eigenvalue weighted by molar-refractivity contribution is -0.384. The Morgan fingerprint density at radius 2 is 2.04 bits per heavy atom. The molecular weight excluding hydrogens is 370 g/mol. The Balaban J connectivity index is 1.93. The van der Waals surface area contributed by atoms with E-state index in [1.54, 1.807) is 31.3 Å². The number of rotatable bonds is 5. The number of aryl methyl sites for hydroxylation is 1. The second kappa shape index (κ2) is 7.63. The van der Waals surface area contributed by atoms with Crippen molar-refractivity contribution in [2.24, 2.45) is 7.05 Å². The lowest BCUT2D eigenvalue weighted by Crippen LogP contribution is -2.13. The van der Waals surface area contributed by atoms with Crippen LogP contribution >= 0.6 is 11.8 Å². The Kier molecular flexibility index (Phi) is 5.09. The van der Waals surface area contributed by atoms with Crippen LogP contribution in [0.1, 0.15) is 15.9 Å². The van der Waals surface area contributed by atoms with Gasteiger partial charge in [0.25, 0.3) is 11.6 Å². The van der Waals surface area contributed by atoms with E-state index in [-0.39, 0.29) is 11.3 Å². The molecule has 27 heavy (non-hydrogen) atoms. The molecule has 1 aromatic heterocycles. The summed E-state index contributed by atoms with van der Waals surface area (Å²) < 4.78 is 1.42. The van der Waals surface area contributed by atoms with Crippen LogP contribution in [-0.4, -0.2) is 31.0 Å². The van der Waals surface area contributed by atoms with Crippen molar-refractivity contribution in [2.75, 3.05) is 5.32 Å². The molecule has 134 valence electrons. The molecule has 0 radical (unpaired) electrons. The number of nitriles is 1. The van der Waals surface area contributed by atoms with Gasteiger partial charge in [0.05, 0.1) is 22.1 Å². The van der Waals surface area contributed by atoms with Gasteiger partial charge in [0.15, 0.2) is 0 Å². The summed E-state index contributed by atoms with van der Waals surface area (Å²) in [5.41, 5.74) is 0.818. The lowest BCUT2D eigenvalue weighted by atomic mass is 10.1. The van der Waals surface area contributed by atoms with E-state index in [0.717, 1.165) is 11.8 Å². The molecule has 0 unspecified atom stereocenters. The Morgan fingerprint density at radius 1 is 1.30 bits per heavy atom. The van der Waals surface area contributed by atoms with E-state index in [4.69, 9.17) is 5.26 Å². The van der Waals surface area contributed by atoms with Crippen molar-refractivity contribution in [3.05, 3.63) is 63.7 Å². The second-order valence-electron chi connectivity index (χ2n) is 5.27. The third kappa shape index (κ3) is 4.07. The normalized spacial score (nSPS) is 10.2. The Hall–Kier alpha value is -3.78. The van der Waals surface area contributed by atoms with Crippen molar-refractivity contribution in [2.45, 2.75) is 10.1 Å². The van der Waals surface area contributed by atoms with E-state index >= 15 is 0 Å². The summed E-state index contributed by atoms with van der Waals surface area (Å²) in [6.45, 7) is 0. The Morgan fingerprint density at radius 3 is 2.63 bits per heavy atom. The first-order valence-electron chi connectivity index (χ1n) is 7.48. The summed E-state index contributed by atoms with van der Waals surface area (Å²) in [5.74, 6) is -0.527. The Labute approximate surface area is 157 Å². The molecule has 1 N–H and O–H groups in total. The number of nitrogens with zero attached hydrogens (tertiary/aromatic N) is 6. The third-order valence-electron chi connectivity index (χ3n) is 3.47. The van der Waals surface area contributed by atoms with Gasteiger partial charge in [-0.1, -0.05) is 0 Å². The fourth-order valence-corrected chi connectivity index (χ4v) is 2.97. The van der Waals surface area contributed by atoms with Crippen LogP contribution in [0.2, 0.25) is 0 Å². The van der Waals surface area contributed by atoms with Crippen molar-refractivity contribution >= 4 is 29.0 Å². The van der Waals surface area contributed by atoms with Gasteiger partial charge in [0, 0.05) is 29.8 Å². The number of non-ortho nitro benzene ring substituents is 1. The average Bonchev–Trinajstić information content (AvgIpc) is 3.07. The smallest absolute Gasteiger partial charge is 0.270 e. The van der Waals surface area contributed by atoms with E-state index in [1.165, 1.54) is 22.9 Å². The number of carbonyl (C=O) groups excluding carboxylic acids is 1. The molecule has 10 nitrogen and oxygen atoms in total. The van der Waals surface area contributed by atoms with E-state index < -0.39 is 10.8 Å². The quantitative estimate of drug-likeness (QED) is 0.525. The van der Waals surface area contributed by atoms with E-state index in [1.807, 2.05) is 6.07 Å². The standard InChI is InChI=1S/C16H11N7O3S/c1-22-16(19-20-21-22)27-14-7-6-12(23(25)26)8-13(14)15(24)18-11-4-2-10(9-17)3-5-11/h2-8H,1H3,(H,18,24). The molecule has 0 bridgehead atoms. The molecule has 1 heterocycles. The van der Waals surface area contributed by atoms with Crippen molar-refractivity contribution in [1.82, 2.24) is 20.2 Å². The first-order valence-corrected chi connectivity index (χ1v) is 8.30. The number of hydrogen-bond donors (Lipinski definition) is 1. The van der Waals surface area contributed by atoms with Gasteiger partial charge in [-0.3, -0.25) is 14.9 Å². The fraction of sp³-hybridized carbons (Fsp3) is 0.0625. The molecule has 0 saturated heterocycles. The summed E-state index contributed by atoms with van der Waals surface area (Å²) in [6, 6.07) is 12.2. The summed E-state index contributed by atoms with van der Waals surface area (Å²) >= 11 is 1.11. The number of nitrogens with one attached hydrogen (secondary N) is 1. The van der Waals surface area contributed by atoms with Crippen molar-refractivity contribution < 1.29 is 9.72 Å². The van der Waals surface area contributed by atoms with Crippen LogP contribution in [0.4, 0.5) is 11.4 Å². The molecule has 0 aliphatic carbocycles. The van der Waals surface area contributed by atoms with Crippen LogP contribution in [0.25, 0.3) is 0 Å². The first kappa shape index (κ1) is 18.0. The summed E-state index contributed by atoms with van der Waals surface area (Å²) in [7, 11) is 1.64. The predicted molar refractivity (Wildman–Crippen MR) is 95.1 cm³/mol. The van der Waals surface area contributed by atoms with Gasteiger partial charge >= 0.3 is 0 Å². The van der Waals surface area contributed by atoms with Gasteiger partial charge < -0.3 is 5.32 Å². The number of anilines is 1. The average molecular weight is 381 g/mol. The maximum Gasteiger partial charge on any atom is 0.270 e. The van der Waals surface area contributed by atoms with E-state index in [0.29, 0.717) is 21.3 Å². The fourth-order valence-electron chi connectivity index (χ4n) is 2.13. The van der Waals surface area contributed by atoms with E-state index in [9.17, 15) is 14.9 Å². The van der Waals surface area contributed by atoms with Gasteiger partial charge in [-0.05, 0) is 52.5 Å². The number of nitro groups is 1. The van der Waals surface area contributed by atoms with Crippen LogP contribution in [-0.2, 0) is 7.05 Å². The minimum Gasteiger partial charge on any atom is -0.322 e. The van der Waals surface area contributed by atoms with Crippen LogP contribution in [0, 0.1) is 21.4 Å². The van der Waals surface area contributed by atoms with Gasteiger partial charge in [-0.2, -0.15) is 5.26 Å². The van der Waals surface area contributed by atoms with Gasteiger partial charge in [0.2, 0.25) is 5.16 Å². The predicted octanol–water partition coefficient (Wildman–Crippen LogP) is 2.39. The molecule has 11 heteroatoms. The summed E-state index contributed by atoms with van der Waals surface area (Å²) in [5, 5.41) is 34.1. The molecule has 3 aromatic rings. The number of benzene rings is 2. The highest BCUT2D eigenvalue weighted by molar-refractivity contribution is 7.99. The van der Waals surface area contributed by atoms with Crippen LogP contribution < -0.4 is 5.32 Å². The minimum atomic E-state index is -0.573. The molecule has 0 atom stereocenters. The summed E-state index contributed by atoms with van der Waals surface area (Å²) in [4.78, 5) is 23.7. The number of aromatic nitrogens is 4. The number of carbonyl (C=O) groups is 1. The highest BCUT2D eigenvalue weighted by Crippen LogP contribution is 2.31. The molecule has 2 aromatic carbocycles. The highest BCUT2D eigenvalue weighted by atomic mass is 32.2. The molecule has 0 aliphatic rings. The Bertz CT molecular complexity index is 1060. The zero-order valence-electron chi connectivity index (χ0n) is 13.9. The van der Waals surface area contributed by atoms with E-state index in [2.05, 4.69) is 20.8 Å². The number of tetrazole rings is 1. The van der Waals surface area contributed by atoms with Crippen LogP contribution in [0.3, 0.4) is 0 Å². The monoisotopic (exact) mass is 381 g/mol. The first-order chi connectivity index (χ1) is 13.0. The lowest BCUT2D eigenvalue weighted by Gasteiger charge is -2.09. The zero-order chi connectivity index (χ0) is 19.4. The third-order valence-corrected chi connectivity index (χ3v) is 4.58. The molecule has 1 amide bonds. The van der Waals surface area contributed by atoms with Crippen molar-refractivity contribution in [1.29, 1.82) is 5.26 Å². The molecular formula is C16H11N7O3S. The summed E-state index contributed by atoms with van der Waals surface area (Å²) in [6.07, 6.45) is 0. The maximum absolute atomic E-state index is 12.7. The number of hydrogen-bond acceptors (Lipinski definition) is 8. The molecule has 0 saturated carbocycles. The molecule has 0 fully saturated rings. The maximum atomic E-state index is 12.7. The molecule has 3 rings (SSSR count). The second-order valence-corrected chi connectivity index (χ2v) is 6.28. The topological polar surface area (TPSA) is 140 Å². The van der Waals surface area contributed by atoms with Crippen LogP contribution in [0.5, 0.6) is 0 Å². The van der Waals surface area contributed by atoms with Gasteiger partial charge in [0.1, 0.15) is 0 Å². The van der Waals surface area contributed by atoms with Crippen LogP contribution in [0.15, 0.2) is 52.5 Å². The minimum absolute atomic E-state index is 0.113. The SMILES string of the molecule is Cn1nnnc1Sc1ccc([N+](=O)[O-])cc1C(=O)Nc1ccc(C#N)cc1. The van der Waals surface area contributed by atoms with Gasteiger partial charge in [-0.15, -0.1) is 5.10 Å². The highest BCUT2D eigenvalue weighted by Gasteiger charge is 2.19. The van der Waals surface area contributed by atoms with Crippen molar-refractivity contribution in [3.8, 4) is 6.07 Å². The molecule has 0 aliphatic heterocycles. The number of amides is 1. The molecule has 0 spiro atoms. The zero-order valence-corrected chi connectivity index (χ0v) is 14.7. The van der Waals surface area contributed by atoms with Gasteiger partial charge in [-0.25, -0.2) is 4.68 Å².